The molecule has 27 heavy (non-hydrogen) atoms. The number of halogens is 1. The lowest BCUT2D eigenvalue weighted by Crippen LogP contribution is -2.48. The summed E-state index contributed by atoms with van der Waals surface area (Å²) in [5.41, 5.74) is 1.80. The zero-order valence-corrected chi connectivity index (χ0v) is 15.4. The summed E-state index contributed by atoms with van der Waals surface area (Å²) < 4.78 is 24.4. The minimum absolute atomic E-state index is 0.101. The van der Waals surface area contributed by atoms with Gasteiger partial charge in [-0.25, -0.2) is 4.39 Å². The molecule has 0 spiro atoms. The molecular formula is C20H24FN3O3. The number of nitrogens with zero attached hydrogens (tertiary/aromatic N) is 2. The van der Waals surface area contributed by atoms with E-state index in [0.717, 1.165) is 12.1 Å². The predicted molar refractivity (Wildman–Crippen MR) is 98.8 cm³/mol. The molecule has 0 saturated carbocycles. The van der Waals surface area contributed by atoms with Crippen LogP contribution >= 0.6 is 0 Å². The van der Waals surface area contributed by atoms with Crippen LogP contribution < -0.4 is 5.32 Å². The molecule has 1 fully saturated rings. The Balaban J connectivity index is 1.77. The number of carbonyl (C=O) groups excluding carboxylic acids is 1. The maximum atomic E-state index is 14.1. The SMILES string of the molecule is COCCOCc1cc(C(=O)N2CCNCC2c2cccnc2)ccc1F. The molecule has 2 aromatic rings. The predicted octanol–water partition coefficient (Wildman–Crippen LogP) is 2.17. The van der Waals surface area contributed by atoms with Gasteiger partial charge in [-0.05, 0) is 29.8 Å². The third kappa shape index (κ3) is 4.88. The zero-order valence-electron chi connectivity index (χ0n) is 15.4. The Morgan fingerprint density at radius 3 is 3.04 bits per heavy atom. The van der Waals surface area contributed by atoms with Crippen LogP contribution in [-0.4, -0.2) is 55.7 Å². The molecule has 1 saturated heterocycles. The molecule has 0 radical (unpaired) electrons. The van der Waals surface area contributed by atoms with E-state index in [0.29, 0.717) is 37.4 Å². The summed E-state index contributed by atoms with van der Waals surface area (Å²) in [5.74, 6) is -0.503. The van der Waals surface area contributed by atoms with Crippen molar-refractivity contribution in [3.8, 4) is 0 Å². The smallest absolute Gasteiger partial charge is 0.254 e. The van der Waals surface area contributed by atoms with Gasteiger partial charge in [0.05, 0.1) is 25.9 Å². The molecule has 7 heteroatoms. The fourth-order valence-electron chi connectivity index (χ4n) is 3.13. The van der Waals surface area contributed by atoms with Crippen molar-refractivity contribution in [1.82, 2.24) is 15.2 Å². The van der Waals surface area contributed by atoms with Crippen molar-refractivity contribution < 1.29 is 18.7 Å². The first-order chi connectivity index (χ1) is 13.2. The van der Waals surface area contributed by atoms with Crippen molar-refractivity contribution in [2.24, 2.45) is 0 Å². The Hall–Kier alpha value is -2.35. The lowest BCUT2D eigenvalue weighted by Gasteiger charge is -2.36. The number of hydrogen-bond donors (Lipinski definition) is 1. The van der Waals surface area contributed by atoms with E-state index in [1.807, 2.05) is 17.0 Å². The van der Waals surface area contributed by atoms with Gasteiger partial charge in [0.2, 0.25) is 0 Å². The average Bonchev–Trinajstić information content (AvgIpc) is 2.72. The lowest BCUT2D eigenvalue weighted by molar-refractivity contribution is 0.0598. The Bertz CT molecular complexity index is 757. The van der Waals surface area contributed by atoms with Crippen LogP contribution in [0.25, 0.3) is 0 Å². The number of piperazine rings is 1. The van der Waals surface area contributed by atoms with E-state index in [-0.39, 0.29) is 24.4 Å². The second kappa shape index (κ2) is 9.55. The van der Waals surface area contributed by atoms with Crippen molar-refractivity contribution in [2.75, 3.05) is 40.0 Å². The van der Waals surface area contributed by atoms with Gasteiger partial charge >= 0.3 is 0 Å². The highest BCUT2D eigenvalue weighted by Crippen LogP contribution is 2.24. The van der Waals surface area contributed by atoms with Crippen LogP contribution in [0.3, 0.4) is 0 Å². The van der Waals surface area contributed by atoms with Crippen LogP contribution in [0.2, 0.25) is 0 Å². The Kier molecular flexibility index (Phi) is 6.86. The van der Waals surface area contributed by atoms with Gasteiger partial charge in [-0.3, -0.25) is 9.78 Å². The van der Waals surface area contributed by atoms with Gasteiger partial charge < -0.3 is 19.7 Å². The van der Waals surface area contributed by atoms with Crippen molar-refractivity contribution >= 4 is 5.91 Å². The summed E-state index contributed by atoms with van der Waals surface area (Å²) >= 11 is 0. The van der Waals surface area contributed by atoms with E-state index in [2.05, 4.69) is 10.3 Å². The molecule has 1 unspecified atom stereocenters. The molecule has 0 aliphatic carbocycles. The molecule has 2 heterocycles. The van der Waals surface area contributed by atoms with Gasteiger partial charge in [-0.1, -0.05) is 6.07 Å². The van der Waals surface area contributed by atoms with Crippen LogP contribution in [0.15, 0.2) is 42.7 Å². The normalized spacial score (nSPS) is 17.1. The lowest BCUT2D eigenvalue weighted by atomic mass is 10.0. The number of hydrogen-bond acceptors (Lipinski definition) is 5. The third-order valence-electron chi connectivity index (χ3n) is 4.56. The molecular weight excluding hydrogens is 349 g/mol. The fourth-order valence-corrected chi connectivity index (χ4v) is 3.13. The first-order valence-electron chi connectivity index (χ1n) is 8.97. The van der Waals surface area contributed by atoms with Gasteiger partial charge in [0.25, 0.3) is 5.91 Å². The van der Waals surface area contributed by atoms with Gasteiger partial charge in [0, 0.05) is 50.3 Å². The highest BCUT2D eigenvalue weighted by Gasteiger charge is 2.29. The minimum Gasteiger partial charge on any atom is -0.382 e. The third-order valence-corrected chi connectivity index (χ3v) is 4.56. The number of nitrogens with one attached hydrogen (secondary N) is 1. The highest BCUT2D eigenvalue weighted by molar-refractivity contribution is 5.94. The van der Waals surface area contributed by atoms with Crippen LogP contribution in [-0.2, 0) is 16.1 Å². The van der Waals surface area contributed by atoms with E-state index in [1.54, 1.807) is 25.6 Å². The highest BCUT2D eigenvalue weighted by atomic mass is 19.1. The first kappa shape index (κ1) is 19.4. The molecule has 1 aromatic heterocycles. The Morgan fingerprint density at radius 1 is 1.37 bits per heavy atom. The number of aromatic nitrogens is 1. The maximum Gasteiger partial charge on any atom is 0.254 e. The molecule has 1 atom stereocenters. The molecule has 3 rings (SSSR count). The zero-order chi connectivity index (χ0) is 19.1. The van der Waals surface area contributed by atoms with Crippen LogP contribution in [0, 0.1) is 5.82 Å². The summed E-state index contributed by atoms with van der Waals surface area (Å²) in [6, 6.07) is 8.14. The molecule has 1 amide bonds. The number of benzene rings is 1. The van der Waals surface area contributed by atoms with Crippen molar-refractivity contribution in [3.63, 3.8) is 0 Å². The molecule has 1 N–H and O–H groups in total. The van der Waals surface area contributed by atoms with Crippen molar-refractivity contribution in [1.29, 1.82) is 0 Å². The quantitative estimate of drug-likeness (QED) is 0.754. The van der Waals surface area contributed by atoms with E-state index >= 15 is 0 Å². The van der Waals surface area contributed by atoms with Gasteiger partial charge in [-0.15, -0.1) is 0 Å². The summed E-state index contributed by atoms with van der Waals surface area (Å²) in [4.78, 5) is 19.1. The molecule has 1 aliphatic rings. The second-order valence-corrected chi connectivity index (χ2v) is 6.36. The molecule has 1 aliphatic heterocycles. The van der Waals surface area contributed by atoms with Crippen LogP contribution in [0.5, 0.6) is 0 Å². The Labute approximate surface area is 158 Å². The number of ether oxygens (including phenoxy) is 2. The van der Waals surface area contributed by atoms with Crippen LogP contribution in [0.1, 0.15) is 27.5 Å². The van der Waals surface area contributed by atoms with Crippen LogP contribution in [0.4, 0.5) is 4.39 Å². The standard InChI is InChI=1S/C20H24FN3O3/c1-26-9-10-27-14-17-11-15(4-5-18(17)21)20(25)24-8-7-23-13-19(24)16-3-2-6-22-12-16/h2-6,11-12,19,23H,7-10,13-14H2,1H3. The van der Waals surface area contributed by atoms with E-state index in [1.165, 1.54) is 12.1 Å². The molecule has 0 bridgehead atoms. The number of amides is 1. The van der Waals surface area contributed by atoms with E-state index in [4.69, 9.17) is 9.47 Å². The van der Waals surface area contributed by atoms with Crippen molar-refractivity contribution in [2.45, 2.75) is 12.6 Å². The summed E-state index contributed by atoms with van der Waals surface area (Å²) in [7, 11) is 1.58. The average molecular weight is 373 g/mol. The largest absolute Gasteiger partial charge is 0.382 e. The van der Waals surface area contributed by atoms with Crippen molar-refractivity contribution in [3.05, 3.63) is 65.2 Å². The number of methoxy groups -OCH3 is 1. The summed E-state index contributed by atoms with van der Waals surface area (Å²) in [5, 5.41) is 3.32. The number of pyridine rings is 1. The molecule has 1 aromatic carbocycles. The summed E-state index contributed by atoms with van der Waals surface area (Å²) in [6.45, 7) is 2.87. The first-order valence-corrected chi connectivity index (χ1v) is 8.97. The van der Waals surface area contributed by atoms with Gasteiger partial charge in [0.1, 0.15) is 5.82 Å². The van der Waals surface area contributed by atoms with E-state index < -0.39 is 0 Å². The molecule has 6 nitrogen and oxygen atoms in total. The maximum absolute atomic E-state index is 14.1. The number of carbonyl (C=O) groups is 1. The van der Waals surface area contributed by atoms with Gasteiger partial charge in [0.15, 0.2) is 0 Å². The monoisotopic (exact) mass is 373 g/mol. The minimum atomic E-state index is -0.381. The van der Waals surface area contributed by atoms with Gasteiger partial charge in [-0.2, -0.15) is 0 Å². The van der Waals surface area contributed by atoms with E-state index in [9.17, 15) is 9.18 Å². The summed E-state index contributed by atoms with van der Waals surface area (Å²) in [6.07, 6.45) is 3.49. The molecule has 144 valence electrons. The topological polar surface area (TPSA) is 63.7 Å². The number of rotatable bonds is 7. The fraction of sp³-hybridized carbons (Fsp3) is 0.400. The second-order valence-electron chi connectivity index (χ2n) is 6.36. The Morgan fingerprint density at radius 2 is 2.26 bits per heavy atom.